The smallest absolute Gasteiger partial charge is 0.231 e. The first kappa shape index (κ1) is 29.5. The Morgan fingerprint density at radius 2 is 1.78 bits per heavy atom. The molecule has 2 aliphatic rings. The van der Waals surface area contributed by atoms with Gasteiger partial charge in [-0.1, -0.05) is 47.7 Å². The molecule has 4 heterocycles. The number of halogens is 1. The summed E-state index contributed by atoms with van der Waals surface area (Å²) in [4.78, 5) is 22.1. The van der Waals surface area contributed by atoms with E-state index in [2.05, 4.69) is 27.2 Å². The average molecular weight is 627 g/mol. The molecule has 232 valence electrons. The summed E-state index contributed by atoms with van der Waals surface area (Å²) in [7, 11) is 0. The summed E-state index contributed by atoms with van der Waals surface area (Å²) < 4.78 is 27.5. The number of hydrogen-bond donors (Lipinski definition) is 0. The van der Waals surface area contributed by atoms with Gasteiger partial charge in [-0.05, 0) is 55.7 Å². The third-order valence-electron chi connectivity index (χ3n) is 8.47. The first-order valence-electron chi connectivity index (χ1n) is 15.4. The number of hydrogen-bond acceptors (Lipinski definition) is 8. The van der Waals surface area contributed by atoms with Gasteiger partial charge in [0.2, 0.25) is 17.9 Å². The number of amides is 1. The van der Waals surface area contributed by atoms with E-state index in [1.165, 1.54) is 11.6 Å². The van der Waals surface area contributed by atoms with Crippen molar-refractivity contribution < 1.29 is 18.7 Å². The molecular weight excluding hydrogens is 591 g/mol. The number of thioether (sulfide) groups is 1. The van der Waals surface area contributed by atoms with E-state index in [1.54, 1.807) is 23.9 Å². The van der Waals surface area contributed by atoms with Crippen molar-refractivity contribution in [2.75, 3.05) is 38.7 Å². The van der Waals surface area contributed by atoms with Crippen molar-refractivity contribution in [2.24, 2.45) is 0 Å². The molecule has 1 fully saturated rings. The number of fused-ring (bicyclic) bond motifs is 4. The van der Waals surface area contributed by atoms with E-state index in [9.17, 15) is 9.18 Å². The summed E-state index contributed by atoms with van der Waals surface area (Å²) in [5.74, 6) is 2.37. The molecule has 11 heteroatoms. The third kappa shape index (κ3) is 6.46. The number of benzene rings is 3. The lowest BCUT2D eigenvalue weighted by atomic mass is 10.1. The van der Waals surface area contributed by atoms with E-state index in [1.807, 2.05) is 46.7 Å². The van der Waals surface area contributed by atoms with Gasteiger partial charge in [0, 0.05) is 55.8 Å². The van der Waals surface area contributed by atoms with Crippen LogP contribution in [-0.2, 0) is 17.9 Å². The number of carbonyl (C=O) groups is 1. The number of piperazine rings is 1. The van der Waals surface area contributed by atoms with Crippen molar-refractivity contribution in [1.29, 1.82) is 0 Å². The number of rotatable bonds is 10. The molecule has 0 saturated carbocycles. The highest BCUT2D eigenvalue weighted by molar-refractivity contribution is 7.99. The predicted octanol–water partition coefficient (Wildman–Crippen LogP) is 5.81. The van der Waals surface area contributed by atoms with Crippen LogP contribution in [0.5, 0.6) is 11.5 Å². The van der Waals surface area contributed by atoms with Crippen LogP contribution in [0.3, 0.4) is 0 Å². The molecule has 0 spiro atoms. The van der Waals surface area contributed by atoms with Crippen molar-refractivity contribution in [3.05, 3.63) is 83.2 Å². The molecule has 0 unspecified atom stereocenters. The van der Waals surface area contributed by atoms with E-state index < -0.39 is 0 Å². The molecule has 9 nitrogen and oxygen atoms in total. The van der Waals surface area contributed by atoms with Crippen LogP contribution in [0.4, 0.5) is 4.39 Å². The second-order valence-corrected chi connectivity index (χ2v) is 12.7. The highest BCUT2D eigenvalue weighted by Crippen LogP contribution is 2.33. The molecule has 0 bridgehead atoms. The monoisotopic (exact) mass is 626 g/mol. The molecule has 2 aromatic heterocycles. The zero-order chi connectivity index (χ0) is 30.8. The first-order chi connectivity index (χ1) is 22.0. The molecule has 45 heavy (non-hydrogen) atoms. The van der Waals surface area contributed by atoms with Crippen LogP contribution in [0.1, 0.15) is 36.0 Å². The van der Waals surface area contributed by atoms with E-state index >= 15 is 0 Å². The Balaban J connectivity index is 0.910. The van der Waals surface area contributed by atoms with Gasteiger partial charge in [-0.3, -0.25) is 9.69 Å². The molecule has 0 radical (unpaired) electrons. The Kier molecular flexibility index (Phi) is 8.53. The highest BCUT2D eigenvalue weighted by Gasteiger charge is 2.22. The Morgan fingerprint density at radius 3 is 2.64 bits per heavy atom. The van der Waals surface area contributed by atoms with Crippen LogP contribution in [0.25, 0.3) is 22.1 Å². The van der Waals surface area contributed by atoms with E-state index in [-0.39, 0.29) is 18.5 Å². The molecule has 3 aromatic carbocycles. The second-order valence-electron chi connectivity index (χ2n) is 11.6. The Labute approximate surface area is 265 Å². The Hall–Kier alpha value is -4.22. The minimum Gasteiger partial charge on any atom is -0.454 e. The molecule has 1 amide bonds. The van der Waals surface area contributed by atoms with E-state index in [0.717, 1.165) is 84.8 Å². The standard InChI is InChI=1S/C34H35FN6O3S/c1-23-9-11-28-26(18-23)32-33(41(28)21-25-6-2-3-7-27(25)35)36-34(38-37-32)45-17-5-4-8-31(42)40-15-13-39(14-16-40)20-24-10-12-29-30(19-24)44-22-43-29/h2-3,6-7,9-12,18-19H,4-5,8,13-17,20-22H2,1H3. The maximum Gasteiger partial charge on any atom is 0.231 e. The molecule has 7 rings (SSSR count). The lowest BCUT2D eigenvalue weighted by molar-refractivity contribution is -0.133. The Bertz CT molecular complexity index is 1860. The number of unbranched alkanes of at least 4 members (excludes halogenated alkanes) is 1. The molecule has 0 N–H and O–H groups in total. The zero-order valence-electron chi connectivity index (χ0n) is 25.2. The fraction of sp³-hybridized carbons (Fsp3) is 0.353. The number of carbonyl (C=O) groups excluding carboxylic acids is 1. The van der Waals surface area contributed by atoms with Gasteiger partial charge in [0.25, 0.3) is 0 Å². The van der Waals surface area contributed by atoms with Crippen molar-refractivity contribution >= 4 is 39.7 Å². The van der Waals surface area contributed by atoms with Crippen LogP contribution in [0, 0.1) is 12.7 Å². The largest absolute Gasteiger partial charge is 0.454 e. The number of aromatic nitrogens is 4. The quantitative estimate of drug-likeness (QED) is 0.142. The van der Waals surface area contributed by atoms with Crippen molar-refractivity contribution in [3.8, 4) is 11.5 Å². The Morgan fingerprint density at radius 1 is 0.933 bits per heavy atom. The minimum atomic E-state index is -0.242. The van der Waals surface area contributed by atoms with Crippen LogP contribution < -0.4 is 9.47 Å². The lowest BCUT2D eigenvalue weighted by Gasteiger charge is -2.34. The fourth-order valence-electron chi connectivity index (χ4n) is 6.03. The van der Waals surface area contributed by atoms with Crippen LogP contribution in [-0.4, -0.2) is 74.2 Å². The van der Waals surface area contributed by atoms with Gasteiger partial charge >= 0.3 is 0 Å². The van der Waals surface area contributed by atoms with Gasteiger partial charge in [-0.25, -0.2) is 9.37 Å². The predicted molar refractivity (Wildman–Crippen MR) is 172 cm³/mol. The summed E-state index contributed by atoms with van der Waals surface area (Å²) in [5, 5.41) is 10.5. The highest BCUT2D eigenvalue weighted by atomic mass is 32.2. The van der Waals surface area contributed by atoms with Crippen LogP contribution >= 0.6 is 11.8 Å². The lowest BCUT2D eigenvalue weighted by Crippen LogP contribution is -2.48. The summed E-state index contributed by atoms with van der Waals surface area (Å²) >= 11 is 1.54. The SMILES string of the molecule is Cc1ccc2c(c1)c1nnc(SCCCCC(=O)N3CCN(Cc4ccc5c(c4)OCO5)CC3)nc1n2Cc1ccccc1F. The van der Waals surface area contributed by atoms with E-state index in [0.29, 0.717) is 29.3 Å². The zero-order valence-corrected chi connectivity index (χ0v) is 26.1. The van der Waals surface area contributed by atoms with Gasteiger partial charge in [-0.15, -0.1) is 10.2 Å². The van der Waals surface area contributed by atoms with E-state index in [4.69, 9.17) is 14.5 Å². The topological polar surface area (TPSA) is 85.6 Å². The summed E-state index contributed by atoms with van der Waals surface area (Å²) in [6, 6.07) is 19.1. The second kappa shape index (κ2) is 13.0. The molecule has 1 saturated heterocycles. The van der Waals surface area contributed by atoms with Crippen LogP contribution in [0.15, 0.2) is 65.8 Å². The molecule has 0 aliphatic carbocycles. The van der Waals surface area contributed by atoms with Gasteiger partial charge < -0.3 is 18.9 Å². The van der Waals surface area contributed by atoms with Gasteiger partial charge in [0.1, 0.15) is 11.3 Å². The number of ether oxygens (including phenoxy) is 2. The van der Waals surface area contributed by atoms with Gasteiger partial charge in [0.15, 0.2) is 17.1 Å². The normalized spacial score (nSPS) is 14.9. The van der Waals surface area contributed by atoms with Gasteiger partial charge in [0.05, 0.1) is 12.1 Å². The summed E-state index contributed by atoms with van der Waals surface area (Å²) in [6.45, 7) is 6.72. The van der Waals surface area contributed by atoms with Crippen molar-refractivity contribution in [2.45, 2.75) is 44.4 Å². The molecule has 2 aliphatic heterocycles. The average Bonchev–Trinajstić information content (AvgIpc) is 3.64. The first-order valence-corrected chi connectivity index (χ1v) is 16.4. The van der Waals surface area contributed by atoms with Gasteiger partial charge in [-0.2, -0.15) is 0 Å². The molecule has 0 atom stereocenters. The summed E-state index contributed by atoms with van der Waals surface area (Å²) in [5.41, 5.74) is 5.28. The maximum atomic E-state index is 14.6. The van der Waals surface area contributed by atoms with Crippen LogP contribution in [0.2, 0.25) is 0 Å². The fourth-order valence-corrected chi connectivity index (χ4v) is 6.81. The third-order valence-corrected chi connectivity index (χ3v) is 9.40. The number of aryl methyl sites for hydroxylation is 1. The molecular formula is C34H35FN6O3S. The minimum absolute atomic E-state index is 0.218. The number of nitrogens with zero attached hydrogens (tertiary/aromatic N) is 6. The maximum absolute atomic E-state index is 14.6. The van der Waals surface area contributed by atoms with Crippen molar-refractivity contribution in [1.82, 2.24) is 29.5 Å². The summed E-state index contributed by atoms with van der Waals surface area (Å²) in [6.07, 6.45) is 2.22. The molecule has 5 aromatic rings. The van der Waals surface area contributed by atoms with Crippen molar-refractivity contribution in [3.63, 3.8) is 0 Å².